The Bertz CT molecular complexity index is 2920. The molecule has 0 saturated carbocycles. The van der Waals surface area contributed by atoms with Crippen molar-refractivity contribution in [1.82, 2.24) is 60.5 Å². The van der Waals surface area contributed by atoms with Crippen LogP contribution in [0.15, 0.2) is 12.2 Å². The number of hydrogen-bond donors (Lipinski definition) is 5. The number of aliphatic hydroxyl groups excluding tert-OH is 1. The first-order valence-corrected chi connectivity index (χ1v) is 36.3. The number of amides is 12. The number of fused-ring (bicyclic) bond motifs is 3. The van der Waals surface area contributed by atoms with Crippen LogP contribution in [0.3, 0.4) is 0 Å². The third-order valence-electron chi connectivity index (χ3n) is 19.1. The topological polar surface area (TPSA) is 344 Å². The Morgan fingerprint density at radius 1 is 0.608 bits per heavy atom. The monoisotopic (exact) mass is 1440 g/mol. The number of rotatable bonds is 21. The molecule has 2 rings (SSSR count). The van der Waals surface area contributed by atoms with E-state index >= 15 is 28.8 Å². The summed E-state index contributed by atoms with van der Waals surface area (Å²) >= 11 is 0. The van der Waals surface area contributed by atoms with Gasteiger partial charge in [-0.2, -0.15) is 0 Å². The molecular weight excluding hydrogens is 1320 g/mol. The average Bonchev–Trinajstić information content (AvgIpc) is 0.790. The molecular formula is C73H128N12O17. The van der Waals surface area contributed by atoms with Crippen LogP contribution in [0, 0.1) is 35.5 Å². The van der Waals surface area contributed by atoms with Crippen molar-refractivity contribution < 1.29 is 81.6 Å². The molecule has 2 saturated heterocycles. The van der Waals surface area contributed by atoms with Crippen LogP contribution in [0.2, 0.25) is 0 Å². The Morgan fingerprint density at radius 3 is 1.67 bits per heavy atom. The molecule has 1 unspecified atom stereocenters. The van der Waals surface area contributed by atoms with Gasteiger partial charge in [0.2, 0.25) is 65.0 Å². The zero-order valence-electron chi connectivity index (χ0n) is 66.3. The first-order valence-electron chi connectivity index (χ1n) is 36.3. The summed E-state index contributed by atoms with van der Waals surface area (Å²) in [5.41, 5.74) is -0.812. The average molecular weight is 1450 g/mol. The van der Waals surface area contributed by atoms with E-state index in [-0.39, 0.29) is 75.9 Å². The number of carbonyl (C=O) groups excluding carboxylic acids is 13. The molecule has 0 radical (unpaired) electrons. The van der Waals surface area contributed by atoms with Gasteiger partial charge in [-0.15, -0.1) is 0 Å². The van der Waals surface area contributed by atoms with E-state index in [2.05, 4.69) is 21.3 Å². The zero-order chi connectivity index (χ0) is 78.6. The summed E-state index contributed by atoms with van der Waals surface area (Å²) in [6, 6.07) is -15.9. The molecule has 2 aliphatic heterocycles. The van der Waals surface area contributed by atoms with E-state index in [4.69, 9.17) is 14.2 Å². The number of allylic oxidation sites excluding steroid dienone is 2. The van der Waals surface area contributed by atoms with Gasteiger partial charge in [0.05, 0.1) is 25.4 Å². The molecule has 5 N–H and O–H groups in total. The fourth-order valence-corrected chi connectivity index (χ4v) is 12.9. The van der Waals surface area contributed by atoms with Crippen LogP contribution in [0.4, 0.5) is 4.79 Å². The number of nitrogens with zero attached hydrogens (tertiary/aromatic N) is 8. The molecule has 2 aliphatic rings. The van der Waals surface area contributed by atoms with Gasteiger partial charge in [0, 0.05) is 62.0 Å². The number of nitrogens with one attached hydrogen (secondary N) is 4. The van der Waals surface area contributed by atoms with Gasteiger partial charge in [0.1, 0.15) is 72.1 Å². The standard InChI is InChI=1S/C73H128N12O17/c1-28-30-33-45(13)60(87)59-63(90)75-50(29-2)66(93)78(21)39-54(86)82(25)58(49(17)100-34-31-32-35-101-71(98)56(43(9)10)77-72(99)102-73(18,19)20)62(89)76-55(42(7)8)69(96)79(22)51(36-40(3)4)61(88)74-47(15)64(91)85-46(14)38-53(68(95)83(26)57(44(11)12)70(97)84(59)27)81(24)67(94)52(37-41(5)6)80(23)65(92)48(85)16/h28,30,40-53,55-60,87H,29,31-39H2,1-27H3,(H,74,88)(H,75,90)(H,76,89)(H,77,99)/b30-28+/t45-,46?,47+,48-,49-,50+,51+,52+,53+,55+,56+,57+,58+,59-,60-/m1/s1. The summed E-state index contributed by atoms with van der Waals surface area (Å²) in [6.07, 6.45) is 0.715. The second-order valence-electron chi connectivity index (χ2n) is 30.9. The zero-order valence-corrected chi connectivity index (χ0v) is 66.3. The Kier molecular flexibility index (Phi) is 36.1. The Balaban J connectivity index is 3.04. The summed E-state index contributed by atoms with van der Waals surface area (Å²) < 4.78 is 17.1. The smallest absolute Gasteiger partial charge is 0.408 e. The summed E-state index contributed by atoms with van der Waals surface area (Å²) in [4.78, 5) is 201. The van der Waals surface area contributed by atoms with Gasteiger partial charge in [0.25, 0.3) is 0 Å². The molecule has 29 nitrogen and oxygen atoms in total. The van der Waals surface area contributed by atoms with Gasteiger partial charge >= 0.3 is 12.1 Å². The molecule has 2 fully saturated rings. The first kappa shape index (κ1) is 90.7. The van der Waals surface area contributed by atoms with Gasteiger partial charge in [-0.05, 0) is 136 Å². The highest BCUT2D eigenvalue weighted by Gasteiger charge is 2.48. The van der Waals surface area contributed by atoms with Crippen molar-refractivity contribution in [2.45, 2.75) is 274 Å². The van der Waals surface area contributed by atoms with Crippen molar-refractivity contribution in [3.05, 3.63) is 12.2 Å². The molecule has 29 heteroatoms. The number of unbranched alkanes of at least 4 members (excludes halogenated alkanes) is 1. The minimum Gasteiger partial charge on any atom is -0.464 e. The Labute approximate surface area is 607 Å². The van der Waals surface area contributed by atoms with Crippen molar-refractivity contribution in [2.24, 2.45) is 35.5 Å². The van der Waals surface area contributed by atoms with E-state index in [0.717, 1.165) is 14.7 Å². The number of carbonyl (C=O) groups is 13. The SMILES string of the molecule is C/C=C/C[C@@H](C)[C@@H](O)[C@@H]1C(=O)N[C@@H](CC)C(=O)N(C)CC(=O)N(C)[C@@H]([C@@H](C)OCCCCOC(=O)[C@@H](NC(=O)OC(C)(C)C)C(C)C)C(=O)N[C@@H](C(C)C)C(=O)N(C)[C@@H](CC(C)C)C(=O)N[C@@H](C)C(=O)N2C(C)C[C@@H](C(=O)N(C)[C@@H](C(C)C)C(=O)N1C)N(C)C(=O)[C@H](CC(C)C)N(C)C(=O)[C@H]2C. The lowest BCUT2D eigenvalue weighted by atomic mass is 9.91. The second-order valence-corrected chi connectivity index (χ2v) is 30.9. The maximum Gasteiger partial charge on any atom is 0.408 e. The molecule has 15 atom stereocenters. The predicted molar refractivity (Wildman–Crippen MR) is 386 cm³/mol. The summed E-state index contributed by atoms with van der Waals surface area (Å²) in [7, 11) is 9.59. The molecule has 582 valence electrons. The quantitative estimate of drug-likeness (QED) is 0.0617. The molecule has 0 aromatic heterocycles. The minimum absolute atomic E-state index is 0.0369. The van der Waals surface area contributed by atoms with Crippen LogP contribution in [0.25, 0.3) is 0 Å². The van der Waals surface area contributed by atoms with Crippen LogP contribution < -0.4 is 21.3 Å². The lowest BCUT2D eigenvalue weighted by Gasteiger charge is -2.45. The fourth-order valence-electron chi connectivity index (χ4n) is 12.9. The number of alkyl carbamates (subject to hydrolysis) is 1. The van der Waals surface area contributed by atoms with Crippen molar-refractivity contribution in [3.8, 4) is 0 Å². The van der Waals surface area contributed by atoms with Crippen LogP contribution in [0.1, 0.15) is 183 Å². The van der Waals surface area contributed by atoms with E-state index in [9.17, 15) is 38.7 Å². The summed E-state index contributed by atoms with van der Waals surface area (Å²) in [5, 5.41) is 23.2. The van der Waals surface area contributed by atoms with Crippen LogP contribution in [-0.4, -0.2) is 281 Å². The van der Waals surface area contributed by atoms with Gasteiger partial charge in [-0.3, -0.25) is 52.7 Å². The molecule has 102 heavy (non-hydrogen) atoms. The van der Waals surface area contributed by atoms with Crippen molar-refractivity contribution in [3.63, 3.8) is 0 Å². The fraction of sp³-hybridized carbons (Fsp3) is 0.795. The van der Waals surface area contributed by atoms with E-state index < -0.39 is 192 Å². The molecule has 2 heterocycles. The number of esters is 1. The van der Waals surface area contributed by atoms with E-state index in [1.165, 1.54) is 94.6 Å². The molecule has 0 spiro atoms. The van der Waals surface area contributed by atoms with Crippen LogP contribution >= 0.6 is 0 Å². The maximum atomic E-state index is 15.6. The summed E-state index contributed by atoms with van der Waals surface area (Å²) in [6.45, 7) is 33.0. The minimum atomic E-state index is -1.70. The number of likely N-dealkylation sites (N-methyl/N-ethyl adjacent to an activating group) is 7. The van der Waals surface area contributed by atoms with Gasteiger partial charge in [-0.1, -0.05) is 95.2 Å². The highest BCUT2D eigenvalue weighted by Crippen LogP contribution is 2.28. The normalized spacial score (nSPS) is 26.2. The Hall–Kier alpha value is -7.43. The summed E-state index contributed by atoms with van der Waals surface area (Å²) in [5.74, 6) is -11.7. The molecule has 0 aromatic carbocycles. The van der Waals surface area contributed by atoms with Gasteiger partial charge < -0.3 is 79.8 Å². The number of aliphatic hydroxyl groups is 1. The molecule has 2 bridgehead atoms. The third-order valence-corrected chi connectivity index (χ3v) is 19.1. The van der Waals surface area contributed by atoms with E-state index in [0.29, 0.717) is 0 Å². The largest absolute Gasteiger partial charge is 0.464 e. The van der Waals surface area contributed by atoms with E-state index in [1.807, 2.05) is 27.7 Å². The highest BCUT2D eigenvalue weighted by molar-refractivity contribution is 6.00. The highest BCUT2D eigenvalue weighted by atomic mass is 16.6. The number of ether oxygens (including phenoxy) is 3. The van der Waals surface area contributed by atoms with Crippen LogP contribution in [0.5, 0.6) is 0 Å². The maximum absolute atomic E-state index is 15.6. The third kappa shape index (κ3) is 24.9. The molecule has 0 aromatic rings. The van der Waals surface area contributed by atoms with Crippen molar-refractivity contribution >= 4 is 77.0 Å². The van der Waals surface area contributed by atoms with Gasteiger partial charge in [0.15, 0.2) is 0 Å². The van der Waals surface area contributed by atoms with Crippen LogP contribution in [-0.2, 0) is 71.7 Å². The van der Waals surface area contributed by atoms with Gasteiger partial charge in [-0.25, -0.2) is 9.59 Å². The lowest BCUT2D eigenvalue weighted by molar-refractivity contribution is -0.161. The predicted octanol–water partition coefficient (Wildman–Crippen LogP) is 3.96. The molecule has 12 amide bonds. The van der Waals surface area contributed by atoms with Crippen molar-refractivity contribution in [2.75, 3.05) is 69.1 Å². The lowest BCUT2D eigenvalue weighted by Crippen LogP contribution is -2.65. The van der Waals surface area contributed by atoms with E-state index in [1.54, 1.807) is 102 Å². The van der Waals surface area contributed by atoms with Crippen molar-refractivity contribution in [1.29, 1.82) is 0 Å². The molecule has 0 aliphatic carbocycles. The number of hydrogen-bond acceptors (Lipinski definition) is 17. The second kappa shape index (κ2) is 40.6. The Morgan fingerprint density at radius 2 is 1.15 bits per heavy atom. The first-order chi connectivity index (χ1) is 47.1.